The molecular weight excluding hydrogens is 378 g/mol. The fourth-order valence-electron chi connectivity index (χ4n) is 2.29. The number of rotatable bonds is 8. The molecule has 0 radical (unpaired) electrons. The fourth-order valence-corrected chi connectivity index (χ4v) is 3.16. The van der Waals surface area contributed by atoms with E-state index >= 15 is 0 Å². The van der Waals surface area contributed by atoms with Gasteiger partial charge in [0.2, 0.25) is 5.91 Å². The molecule has 0 aliphatic rings. The van der Waals surface area contributed by atoms with Gasteiger partial charge in [-0.3, -0.25) is 14.3 Å². The molecule has 28 heavy (non-hydrogen) atoms. The van der Waals surface area contributed by atoms with E-state index in [1.807, 2.05) is 18.2 Å². The largest absolute Gasteiger partial charge is 0.355 e. The van der Waals surface area contributed by atoms with Crippen LogP contribution in [0, 0.1) is 0 Å². The standard InChI is InChI=1S/C20H23N3O4S/c1-3-21-19(24)15(2)22-20(25)17-9-11-18(12-10-17)23-28(26,27)14-13-16-7-5-4-6-8-16/h4-15,23H,3H2,1-2H3,(H,21,24)(H,22,25)/b14-13+/t15-/m1/s1. The van der Waals surface area contributed by atoms with E-state index in [9.17, 15) is 18.0 Å². The molecule has 0 unspecified atom stereocenters. The summed E-state index contributed by atoms with van der Waals surface area (Å²) in [6, 6.07) is 14.3. The first-order chi connectivity index (χ1) is 13.3. The predicted molar refractivity (Wildman–Crippen MR) is 110 cm³/mol. The molecule has 0 aromatic heterocycles. The zero-order chi connectivity index (χ0) is 20.6. The van der Waals surface area contributed by atoms with Gasteiger partial charge in [0, 0.05) is 17.8 Å². The smallest absolute Gasteiger partial charge is 0.255 e. The van der Waals surface area contributed by atoms with Crippen molar-refractivity contribution in [3.63, 3.8) is 0 Å². The highest BCUT2D eigenvalue weighted by atomic mass is 32.2. The molecule has 2 aromatic carbocycles. The van der Waals surface area contributed by atoms with Crippen LogP contribution in [-0.2, 0) is 14.8 Å². The molecule has 0 bridgehead atoms. The second-order valence-corrected chi connectivity index (χ2v) is 7.59. The van der Waals surface area contributed by atoms with Gasteiger partial charge in [0.15, 0.2) is 0 Å². The normalized spacial score (nSPS) is 12.4. The van der Waals surface area contributed by atoms with Crippen molar-refractivity contribution < 1.29 is 18.0 Å². The highest BCUT2D eigenvalue weighted by Crippen LogP contribution is 2.13. The quantitative estimate of drug-likeness (QED) is 0.631. The summed E-state index contributed by atoms with van der Waals surface area (Å²) in [5, 5.41) is 6.29. The SMILES string of the molecule is CCNC(=O)[C@@H](C)NC(=O)c1ccc(NS(=O)(=O)/C=C/c2ccccc2)cc1. The van der Waals surface area contributed by atoms with Crippen molar-refractivity contribution in [1.29, 1.82) is 0 Å². The number of carbonyl (C=O) groups is 2. The maximum Gasteiger partial charge on any atom is 0.255 e. The summed E-state index contributed by atoms with van der Waals surface area (Å²) >= 11 is 0. The van der Waals surface area contributed by atoms with Crippen molar-refractivity contribution in [2.75, 3.05) is 11.3 Å². The molecule has 1 atom stereocenters. The number of likely N-dealkylation sites (N-methyl/N-ethyl adjacent to an activating group) is 1. The van der Waals surface area contributed by atoms with E-state index in [-0.39, 0.29) is 5.91 Å². The number of hydrogen-bond acceptors (Lipinski definition) is 4. The number of hydrogen-bond donors (Lipinski definition) is 3. The summed E-state index contributed by atoms with van der Waals surface area (Å²) in [5.74, 6) is -0.692. The monoisotopic (exact) mass is 401 g/mol. The van der Waals surface area contributed by atoms with E-state index in [2.05, 4.69) is 15.4 Å². The van der Waals surface area contributed by atoms with Crippen molar-refractivity contribution in [3.05, 3.63) is 71.1 Å². The predicted octanol–water partition coefficient (Wildman–Crippen LogP) is 2.35. The van der Waals surface area contributed by atoms with E-state index in [1.165, 1.54) is 30.3 Å². The Labute approximate surface area is 164 Å². The Balaban J connectivity index is 1.99. The molecule has 0 saturated carbocycles. The molecule has 148 valence electrons. The van der Waals surface area contributed by atoms with Crippen molar-refractivity contribution in [1.82, 2.24) is 10.6 Å². The van der Waals surface area contributed by atoms with E-state index in [0.717, 1.165) is 11.0 Å². The summed E-state index contributed by atoms with van der Waals surface area (Å²) in [6.45, 7) is 3.86. The number of anilines is 1. The first-order valence-corrected chi connectivity index (χ1v) is 10.3. The molecule has 0 fully saturated rings. The summed E-state index contributed by atoms with van der Waals surface area (Å²) in [4.78, 5) is 23.9. The Morgan fingerprint density at radius 1 is 1.04 bits per heavy atom. The Kier molecular flexibility index (Phi) is 7.34. The third-order valence-corrected chi connectivity index (χ3v) is 4.75. The number of nitrogens with one attached hydrogen (secondary N) is 3. The summed E-state index contributed by atoms with van der Waals surface area (Å²) in [5.41, 5.74) is 1.41. The van der Waals surface area contributed by atoms with E-state index in [4.69, 9.17) is 0 Å². The van der Waals surface area contributed by atoms with Gasteiger partial charge in [0.05, 0.1) is 5.41 Å². The number of amides is 2. The highest BCUT2D eigenvalue weighted by molar-refractivity contribution is 7.95. The molecule has 0 saturated heterocycles. The van der Waals surface area contributed by atoms with Crippen LogP contribution in [0.1, 0.15) is 29.8 Å². The Morgan fingerprint density at radius 2 is 1.68 bits per heavy atom. The topological polar surface area (TPSA) is 104 Å². The van der Waals surface area contributed by atoms with Crippen molar-refractivity contribution in [3.8, 4) is 0 Å². The van der Waals surface area contributed by atoms with Crippen molar-refractivity contribution in [2.45, 2.75) is 19.9 Å². The molecule has 0 aliphatic carbocycles. The minimum atomic E-state index is -3.69. The first-order valence-electron chi connectivity index (χ1n) is 8.75. The molecule has 0 aliphatic heterocycles. The average molecular weight is 401 g/mol. The van der Waals surface area contributed by atoms with Crippen LogP contribution in [0.25, 0.3) is 6.08 Å². The van der Waals surface area contributed by atoms with Gasteiger partial charge >= 0.3 is 0 Å². The third kappa shape index (κ3) is 6.55. The Hall–Kier alpha value is -3.13. The molecule has 8 heteroatoms. The van der Waals surface area contributed by atoms with Gasteiger partial charge in [0.1, 0.15) is 6.04 Å². The van der Waals surface area contributed by atoms with Gasteiger partial charge in [0.25, 0.3) is 15.9 Å². The van der Waals surface area contributed by atoms with Gasteiger partial charge < -0.3 is 10.6 Å². The Morgan fingerprint density at radius 3 is 2.29 bits per heavy atom. The summed E-state index contributed by atoms with van der Waals surface area (Å²) in [6.07, 6.45) is 1.49. The molecule has 2 amide bonds. The van der Waals surface area contributed by atoms with Crippen LogP contribution in [0.2, 0.25) is 0 Å². The van der Waals surface area contributed by atoms with Crippen LogP contribution in [0.5, 0.6) is 0 Å². The fraction of sp³-hybridized carbons (Fsp3) is 0.200. The summed E-state index contributed by atoms with van der Waals surface area (Å²) in [7, 11) is -3.69. The summed E-state index contributed by atoms with van der Waals surface area (Å²) < 4.78 is 26.7. The van der Waals surface area contributed by atoms with Crippen LogP contribution in [0.3, 0.4) is 0 Å². The maximum absolute atomic E-state index is 12.2. The maximum atomic E-state index is 12.2. The molecule has 2 rings (SSSR count). The van der Waals surface area contributed by atoms with Crippen LogP contribution in [-0.4, -0.2) is 32.8 Å². The highest BCUT2D eigenvalue weighted by Gasteiger charge is 2.16. The number of sulfonamides is 1. The second kappa shape index (κ2) is 9.70. The van der Waals surface area contributed by atoms with Gasteiger partial charge in [-0.2, -0.15) is 0 Å². The van der Waals surface area contributed by atoms with Crippen LogP contribution < -0.4 is 15.4 Å². The van der Waals surface area contributed by atoms with E-state index < -0.39 is 22.0 Å². The molecule has 7 nitrogen and oxygen atoms in total. The number of benzene rings is 2. The molecule has 0 heterocycles. The molecule has 0 spiro atoms. The molecule has 3 N–H and O–H groups in total. The lowest BCUT2D eigenvalue weighted by Crippen LogP contribution is -2.44. The minimum Gasteiger partial charge on any atom is -0.355 e. The zero-order valence-corrected chi connectivity index (χ0v) is 16.5. The lowest BCUT2D eigenvalue weighted by molar-refractivity contribution is -0.122. The van der Waals surface area contributed by atoms with Gasteiger partial charge in [-0.25, -0.2) is 8.42 Å². The molecular formula is C20H23N3O4S. The van der Waals surface area contributed by atoms with E-state index in [1.54, 1.807) is 26.0 Å². The first kappa shape index (κ1) is 21.2. The van der Waals surface area contributed by atoms with Crippen LogP contribution in [0.15, 0.2) is 60.0 Å². The van der Waals surface area contributed by atoms with Crippen molar-refractivity contribution >= 4 is 33.6 Å². The lowest BCUT2D eigenvalue weighted by Gasteiger charge is -2.13. The zero-order valence-electron chi connectivity index (χ0n) is 15.7. The van der Waals surface area contributed by atoms with Crippen LogP contribution >= 0.6 is 0 Å². The van der Waals surface area contributed by atoms with Gasteiger partial charge in [-0.05, 0) is 49.8 Å². The average Bonchev–Trinajstić information content (AvgIpc) is 2.67. The molecule has 2 aromatic rings. The lowest BCUT2D eigenvalue weighted by atomic mass is 10.2. The van der Waals surface area contributed by atoms with Crippen LogP contribution in [0.4, 0.5) is 5.69 Å². The van der Waals surface area contributed by atoms with Gasteiger partial charge in [-0.1, -0.05) is 30.3 Å². The minimum absolute atomic E-state index is 0.273. The van der Waals surface area contributed by atoms with Crippen molar-refractivity contribution in [2.24, 2.45) is 0 Å². The third-order valence-electron chi connectivity index (χ3n) is 3.74. The van der Waals surface area contributed by atoms with E-state index in [0.29, 0.717) is 17.8 Å². The van der Waals surface area contributed by atoms with Gasteiger partial charge in [-0.15, -0.1) is 0 Å². The number of carbonyl (C=O) groups excluding carboxylic acids is 2. The second-order valence-electron chi connectivity index (χ2n) is 6.03. The Bertz CT molecular complexity index is 939.